The molecule has 2 N–H and O–H groups in total. The summed E-state index contributed by atoms with van der Waals surface area (Å²) in [4.78, 5) is 34.6. The van der Waals surface area contributed by atoms with Crippen molar-refractivity contribution in [3.63, 3.8) is 0 Å². The molecule has 22 heavy (non-hydrogen) atoms. The second-order valence-corrected chi connectivity index (χ2v) is 5.53. The zero-order valence-electron chi connectivity index (χ0n) is 12.7. The van der Waals surface area contributed by atoms with Crippen molar-refractivity contribution in [3.8, 4) is 0 Å². The van der Waals surface area contributed by atoms with Crippen LogP contribution in [-0.2, 0) is 14.3 Å². The number of anilines is 1. The van der Waals surface area contributed by atoms with Crippen molar-refractivity contribution >= 4 is 23.5 Å². The van der Waals surface area contributed by atoms with E-state index < -0.39 is 5.97 Å². The zero-order valence-corrected chi connectivity index (χ0v) is 12.7. The fourth-order valence-corrected chi connectivity index (χ4v) is 2.15. The summed E-state index contributed by atoms with van der Waals surface area (Å²) in [5.74, 6) is -0.569. The molecule has 1 aliphatic carbocycles. The minimum atomic E-state index is -0.596. The highest BCUT2D eigenvalue weighted by atomic mass is 16.5. The van der Waals surface area contributed by atoms with Gasteiger partial charge in [0, 0.05) is 18.7 Å². The van der Waals surface area contributed by atoms with Gasteiger partial charge in [0.2, 0.25) is 5.91 Å². The first-order valence-electron chi connectivity index (χ1n) is 7.30. The van der Waals surface area contributed by atoms with Gasteiger partial charge in [0.25, 0.3) is 5.91 Å². The Bertz CT molecular complexity index is 581. The van der Waals surface area contributed by atoms with Crippen LogP contribution in [0.25, 0.3) is 0 Å². The van der Waals surface area contributed by atoms with E-state index in [9.17, 15) is 14.4 Å². The first kappa shape index (κ1) is 16.0. The van der Waals surface area contributed by atoms with Crippen molar-refractivity contribution in [1.29, 1.82) is 0 Å². The molecule has 1 atom stereocenters. The summed E-state index contributed by atoms with van der Waals surface area (Å²) < 4.78 is 4.99. The van der Waals surface area contributed by atoms with Crippen LogP contribution in [-0.4, -0.2) is 30.4 Å². The van der Waals surface area contributed by atoms with Gasteiger partial charge in [0.05, 0.1) is 5.56 Å². The molecule has 2 amide bonds. The average molecular weight is 304 g/mol. The second kappa shape index (κ2) is 7.06. The number of carbonyl (C=O) groups excluding carboxylic acids is 3. The lowest BCUT2D eigenvalue weighted by molar-refractivity contribution is -0.125. The van der Waals surface area contributed by atoms with Crippen LogP contribution in [0.5, 0.6) is 0 Å². The Hall–Kier alpha value is -2.37. The predicted octanol–water partition coefficient (Wildman–Crippen LogP) is 1.72. The minimum Gasteiger partial charge on any atom is -0.452 e. The quantitative estimate of drug-likeness (QED) is 0.784. The van der Waals surface area contributed by atoms with Crippen molar-refractivity contribution in [2.45, 2.75) is 32.7 Å². The van der Waals surface area contributed by atoms with Crippen LogP contribution in [0.4, 0.5) is 5.69 Å². The Morgan fingerprint density at radius 2 is 2.05 bits per heavy atom. The van der Waals surface area contributed by atoms with Gasteiger partial charge >= 0.3 is 5.97 Å². The molecule has 0 aliphatic heterocycles. The fourth-order valence-electron chi connectivity index (χ4n) is 2.15. The number of benzene rings is 1. The summed E-state index contributed by atoms with van der Waals surface area (Å²) >= 11 is 0. The summed E-state index contributed by atoms with van der Waals surface area (Å²) in [7, 11) is 0. The van der Waals surface area contributed by atoms with Crippen molar-refractivity contribution in [2.75, 3.05) is 11.9 Å². The maximum absolute atomic E-state index is 11.9. The third kappa shape index (κ3) is 4.87. The molecule has 0 unspecified atom stereocenters. The van der Waals surface area contributed by atoms with E-state index in [2.05, 4.69) is 10.6 Å². The van der Waals surface area contributed by atoms with Crippen LogP contribution in [0.3, 0.4) is 0 Å². The highest BCUT2D eigenvalue weighted by molar-refractivity contribution is 5.94. The van der Waals surface area contributed by atoms with Crippen LogP contribution in [0.1, 0.15) is 37.0 Å². The Morgan fingerprint density at radius 1 is 1.32 bits per heavy atom. The van der Waals surface area contributed by atoms with E-state index in [4.69, 9.17) is 4.74 Å². The van der Waals surface area contributed by atoms with Crippen LogP contribution >= 0.6 is 0 Å². The summed E-state index contributed by atoms with van der Waals surface area (Å²) in [5.41, 5.74) is 0.794. The van der Waals surface area contributed by atoms with Gasteiger partial charge in [-0.15, -0.1) is 0 Å². The minimum absolute atomic E-state index is 0.120. The van der Waals surface area contributed by atoms with Crippen LogP contribution in [0.2, 0.25) is 0 Å². The number of carbonyl (C=O) groups is 3. The van der Waals surface area contributed by atoms with Crippen molar-refractivity contribution < 1.29 is 19.1 Å². The molecule has 0 saturated heterocycles. The van der Waals surface area contributed by atoms with Crippen LogP contribution in [0.15, 0.2) is 24.3 Å². The van der Waals surface area contributed by atoms with E-state index in [0.717, 1.165) is 12.8 Å². The number of hydrogen-bond donors (Lipinski definition) is 2. The Labute approximate surface area is 129 Å². The number of hydrogen-bond acceptors (Lipinski definition) is 4. The summed E-state index contributed by atoms with van der Waals surface area (Å²) in [6.45, 7) is 3.03. The summed E-state index contributed by atoms with van der Waals surface area (Å²) in [6, 6.07) is 6.50. The van der Waals surface area contributed by atoms with Crippen LogP contribution < -0.4 is 10.6 Å². The molecule has 6 nitrogen and oxygen atoms in total. The Kier molecular flexibility index (Phi) is 5.14. The van der Waals surface area contributed by atoms with Gasteiger partial charge in [-0.05, 0) is 43.9 Å². The fraction of sp³-hybridized carbons (Fsp3) is 0.438. The van der Waals surface area contributed by atoms with Gasteiger partial charge < -0.3 is 15.4 Å². The first-order valence-corrected chi connectivity index (χ1v) is 7.30. The second-order valence-electron chi connectivity index (χ2n) is 5.53. The monoisotopic (exact) mass is 304 g/mol. The van der Waals surface area contributed by atoms with Crippen molar-refractivity contribution in [2.24, 2.45) is 5.92 Å². The molecule has 0 spiro atoms. The number of rotatable bonds is 6. The molecule has 118 valence electrons. The number of ether oxygens (including phenoxy) is 1. The highest BCUT2D eigenvalue weighted by Crippen LogP contribution is 2.32. The Morgan fingerprint density at radius 3 is 2.68 bits per heavy atom. The molecular formula is C16H20N2O4. The molecular weight excluding hydrogens is 284 g/mol. The topological polar surface area (TPSA) is 84.5 Å². The maximum Gasteiger partial charge on any atom is 0.338 e. The Balaban J connectivity index is 1.83. The number of esters is 1. The summed E-state index contributed by atoms with van der Waals surface area (Å²) in [6.07, 6.45) is 2.27. The number of nitrogens with one attached hydrogen (secondary N) is 2. The maximum atomic E-state index is 11.9. The number of amides is 2. The van der Waals surface area contributed by atoms with Gasteiger partial charge in [0.1, 0.15) is 0 Å². The van der Waals surface area contributed by atoms with Gasteiger partial charge in [-0.25, -0.2) is 4.79 Å². The molecule has 1 saturated carbocycles. The molecule has 0 heterocycles. The lowest BCUT2D eigenvalue weighted by Crippen LogP contribution is -2.37. The molecule has 1 fully saturated rings. The summed E-state index contributed by atoms with van der Waals surface area (Å²) in [5, 5.41) is 5.40. The third-order valence-electron chi connectivity index (χ3n) is 3.47. The van der Waals surface area contributed by atoms with Crippen molar-refractivity contribution in [3.05, 3.63) is 29.8 Å². The molecule has 1 aromatic rings. The predicted molar refractivity (Wildman–Crippen MR) is 81.4 cm³/mol. The zero-order chi connectivity index (χ0) is 16.1. The lowest BCUT2D eigenvalue weighted by atomic mass is 10.2. The third-order valence-corrected chi connectivity index (χ3v) is 3.47. The van der Waals surface area contributed by atoms with E-state index in [1.807, 2.05) is 6.92 Å². The molecule has 0 radical (unpaired) electrons. The molecule has 0 aromatic heterocycles. The van der Waals surface area contributed by atoms with Gasteiger partial charge in [-0.1, -0.05) is 6.07 Å². The smallest absolute Gasteiger partial charge is 0.338 e. The largest absolute Gasteiger partial charge is 0.452 e. The van der Waals surface area contributed by atoms with E-state index in [1.54, 1.807) is 18.2 Å². The molecule has 1 aliphatic rings. The first-order chi connectivity index (χ1) is 10.5. The highest BCUT2D eigenvalue weighted by Gasteiger charge is 2.29. The molecule has 0 bridgehead atoms. The average Bonchev–Trinajstić information content (AvgIpc) is 3.29. The molecule has 1 aromatic carbocycles. The normalized spacial score (nSPS) is 14.8. The standard InChI is InChI=1S/C16H20N2O4/c1-10(12-6-7-12)17-15(20)9-22-16(21)13-4-3-5-14(8-13)18-11(2)19/h3-5,8,10,12H,6-7,9H2,1-2H3,(H,17,20)(H,18,19)/t10-/m1/s1. The van der Waals surface area contributed by atoms with E-state index in [0.29, 0.717) is 11.6 Å². The molecule has 2 rings (SSSR count). The van der Waals surface area contributed by atoms with Gasteiger partial charge in [0.15, 0.2) is 6.61 Å². The van der Waals surface area contributed by atoms with E-state index in [-0.39, 0.29) is 30.0 Å². The van der Waals surface area contributed by atoms with Crippen molar-refractivity contribution in [1.82, 2.24) is 5.32 Å². The van der Waals surface area contributed by atoms with Crippen LogP contribution in [0, 0.1) is 5.92 Å². The van der Waals surface area contributed by atoms with E-state index >= 15 is 0 Å². The SMILES string of the molecule is CC(=O)Nc1cccc(C(=O)OCC(=O)N[C@H](C)C2CC2)c1. The lowest BCUT2D eigenvalue weighted by Gasteiger charge is -2.12. The van der Waals surface area contributed by atoms with Gasteiger partial charge in [-0.3, -0.25) is 9.59 Å². The van der Waals surface area contributed by atoms with E-state index in [1.165, 1.54) is 13.0 Å². The molecule has 6 heteroatoms. The van der Waals surface area contributed by atoms with Gasteiger partial charge in [-0.2, -0.15) is 0 Å².